The zero-order valence-corrected chi connectivity index (χ0v) is 14.6. The summed E-state index contributed by atoms with van der Waals surface area (Å²) in [5.74, 6) is 0. The summed E-state index contributed by atoms with van der Waals surface area (Å²) in [5, 5.41) is 10.6. The highest BCUT2D eigenvalue weighted by molar-refractivity contribution is 5.34. The van der Waals surface area contributed by atoms with Crippen LogP contribution in [-0.4, -0.2) is 32.2 Å². The quantitative estimate of drug-likeness (QED) is 0.779. The first kappa shape index (κ1) is 18.0. The van der Waals surface area contributed by atoms with Crippen molar-refractivity contribution in [2.75, 3.05) is 27.1 Å². The Morgan fingerprint density at radius 3 is 2.04 bits per heavy atom. The first-order valence-corrected chi connectivity index (χ1v) is 8.40. The molecule has 2 aromatic rings. The van der Waals surface area contributed by atoms with Crippen LogP contribution in [0.2, 0.25) is 0 Å². The summed E-state index contributed by atoms with van der Waals surface area (Å²) in [6.45, 7) is 3.46. The van der Waals surface area contributed by atoms with Gasteiger partial charge in [-0.05, 0) is 23.6 Å². The zero-order chi connectivity index (χ0) is 17.6. The van der Waals surface area contributed by atoms with Crippen molar-refractivity contribution in [2.45, 2.75) is 25.4 Å². The molecule has 0 aliphatic carbocycles. The molecule has 0 spiro atoms. The molecule has 0 bridgehead atoms. The average molecular weight is 344 g/mol. The molecule has 2 unspecified atom stereocenters. The van der Waals surface area contributed by atoms with Gasteiger partial charge in [0.2, 0.25) is 0 Å². The molecule has 1 fully saturated rings. The Balaban J connectivity index is 1.66. The number of rotatable bonds is 7. The maximum absolute atomic E-state index is 10.6. The predicted molar refractivity (Wildman–Crippen MR) is 93.0 cm³/mol. The van der Waals surface area contributed by atoms with Gasteiger partial charge in [-0.15, -0.1) is 0 Å². The van der Waals surface area contributed by atoms with E-state index in [0.29, 0.717) is 13.2 Å². The van der Waals surface area contributed by atoms with Gasteiger partial charge < -0.3 is 24.1 Å². The summed E-state index contributed by atoms with van der Waals surface area (Å²) in [4.78, 5) is 0. The van der Waals surface area contributed by atoms with Crippen molar-refractivity contribution in [1.29, 1.82) is 0 Å². The third kappa shape index (κ3) is 4.45. The third-order valence-corrected chi connectivity index (χ3v) is 4.30. The molecule has 1 N–H and O–H groups in total. The molecule has 25 heavy (non-hydrogen) atoms. The minimum atomic E-state index is -0.677. The number of hydrogen-bond acceptors (Lipinski definition) is 5. The second kappa shape index (κ2) is 8.56. The lowest BCUT2D eigenvalue weighted by Crippen LogP contribution is -2.04. The van der Waals surface area contributed by atoms with Crippen LogP contribution in [0.4, 0.5) is 0 Å². The molecule has 2 aromatic carbocycles. The molecular weight excluding hydrogens is 320 g/mol. The highest BCUT2D eigenvalue weighted by Crippen LogP contribution is 2.28. The van der Waals surface area contributed by atoms with Crippen LogP contribution < -0.4 is 0 Å². The van der Waals surface area contributed by atoms with Gasteiger partial charge in [0.1, 0.15) is 12.9 Å². The molecule has 1 aliphatic rings. The first-order chi connectivity index (χ1) is 12.2. The van der Waals surface area contributed by atoms with Crippen LogP contribution >= 0.6 is 0 Å². The Bertz CT molecular complexity index is 647. The Morgan fingerprint density at radius 2 is 1.48 bits per heavy atom. The van der Waals surface area contributed by atoms with Gasteiger partial charge in [0.15, 0.2) is 6.29 Å². The number of benzene rings is 2. The van der Waals surface area contributed by atoms with E-state index in [1.54, 1.807) is 7.11 Å². The van der Waals surface area contributed by atoms with E-state index in [2.05, 4.69) is 0 Å². The van der Waals surface area contributed by atoms with Gasteiger partial charge in [0.25, 0.3) is 0 Å². The van der Waals surface area contributed by atoms with E-state index in [-0.39, 0.29) is 19.2 Å². The van der Waals surface area contributed by atoms with Gasteiger partial charge in [-0.2, -0.15) is 0 Å². The van der Waals surface area contributed by atoms with Crippen molar-refractivity contribution in [3.05, 3.63) is 70.8 Å². The maximum Gasteiger partial charge on any atom is 0.184 e. The van der Waals surface area contributed by atoms with Crippen molar-refractivity contribution in [3.63, 3.8) is 0 Å². The predicted octanol–water partition coefficient (Wildman–Crippen LogP) is 3.50. The van der Waals surface area contributed by atoms with Gasteiger partial charge in [0.05, 0.1) is 19.3 Å². The van der Waals surface area contributed by atoms with Crippen molar-refractivity contribution in [2.24, 2.45) is 0 Å². The fourth-order valence-corrected chi connectivity index (χ4v) is 2.79. The molecule has 0 saturated carbocycles. The highest BCUT2D eigenvalue weighted by atomic mass is 16.7. The van der Waals surface area contributed by atoms with Gasteiger partial charge >= 0.3 is 0 Å². The number of aliphatic hydroxyl groups is 1. The van der Waals surface area contributed by atoms with E-state index in [1.165, 1.54) is 0 Å². The molecule has 0 radical (unpaired) electrons. The summed E-state index contributed by atoms with van der Waals surface area (Å²) < 4.78 is 21.4. The SMILES string of the molecule is COCOC(C)c1ccc(C(O)c2ccc(C3OCCO3)cc2)cc1. The standard InChI is InChI=1S/C20H24O5/c1-14(25-13-22-2)15-3-5-16(6-4-15)19(21)17-7-9-18(10-8-17)20-23-11-12-24-20/h3-10,14,19-21H,11-13H2,1-2H3. The van der Waals surface area contributed by atoms with Gasteiger partial charge in [-0.1, -0.05) is 48.5 Å². The van der Waals surface area contributed by atoms with Gasteiger partial charge in [-0.3, -0.25) is 0 Å². The van der Waals surface area contributed by atoms with Crippen molar-refractivity contribution < 1.29 is 24.1 Å². The number of methoxy groups -OCH3 is 1. The van der Waals surface area contributed by atoms with Crippen LogP contribution in [0.3, 0.4) is 0 Å². The highest BCUT2D eigenvalue weighted by Gasteiger charge is 2.19. The third-order valence-electron chi connectivity index (χ3n) is 4.30. The molecule has 1 saturated heterocycles. The molecule has 1 heterocycles. The second-order valence-corrected chi connectivity index (χ2v) is 6.02. The summed E-state index contributed by atoms with van der Waals surface area (Å²) in [6, 6.07) is 15.5. The summed E-state index contributed by atoms with van der Waals surface area (Å²) in [5.41, 5.74) is 3.67. The smallest absolute Gasteiger partial charge is 0.184 e. The summed E-state index contributed by atoms with van der Waals surface area (Å²) in [6.07, 6.45) is -1.03. The summed E-state index contributed by atoms with van der Waals surface area (Å²) >= 11 is 0. The number of ether oxygens (including phenoxy) is 4. The summed E-state index contributed by atoms with van der Waals surface area (Å²) in [7, 11) is 1.60. The van der Waals surface area contributed by atoms with Crippen molar-refractivity contribution in [1.82, 2.24) is 0 Å². The van der Waals surface area contributed by atoms with Crippen LogP contribution in [0.25, 0.3) is 0 Å². The molecule has 0 amide bonds. The topological polar surface area (TPSA) is 57.2 Å². The van der Waals surface area contributed by atoms with Gasteiger partial charge in [-0.25, -0.2) is 0 Å². The lowest BCUT2D eigenvalue weighted by atomic mass is 9.98. The average Bonchev–Trinajstić information content (AvgIpc) is 3.20. The van der Waals surface area contributed by atoms with E-state index in [4.69, 9.17) is 18.9 Å². The van der Waals surface area contributed by atoms with Gasteiger partial charge in [0, 0.05) is 12.7 Å². The Morgan fingerprint density at radius 1 is 0.960 bits per heavy atom. The molecule has 1 aliphatic heterocycles. The Labute approximate surface area is 148 Å². The van der Waals surface area contributed by atoms with Crippen LogP contribution in [0.1, 0.15) is 47.7 Å². The van der Waals surface area contributed by atoms with Crippen molar-refractivity contribution >= 4 is 0 Å². The fraction of sp³-hybridized carbons (Fsp3) is 0.400. The van der Waals surface area contributed by atoms with E-state index in [9.17, 15) is 5.11 Å². The van der Waals surface area contributed by atoms with E-state index in [1.807, 2.05) is 55.5 Å². The van der Waals surface area contributed by atoms with Crippen molar-refractivity contribution in [3.8, 4) is 0 Å². The molecule has 5 heteroatoms. The number of hydrogen-bond donors (Lipinski definition) is 1. The molecule has 0 aromatic heterocycles. The minimum absolute atomic E-state index is 0.0585. The fourth-order valence-electron chi connectivity index (χ4n) is 2.79. The molecule has 3 rings (SSSR count). The molecular formula is C20H24O5. The first-order valence-electron chi connectivity index (χ1n) is 8.40. The lowest BCUT2D eigenvalue weighted by molar-refractivity contribution is -0.0666. The van der Waals surface area contributed by atoms with E-state index >= 15 is 0 Å². The van der Waals surface area contributed by atoms with Crippen LogP contribution in [0.15, 0.2) is 48.5 Å². The number of aliphatic hydroxyl groups excluding tert-OH is 1. The van der Waals surface area contributed by atoms with E-state index < -0.39 is 6.10 Å². The largest absolute Gasteiger partial charge is 0.384 e. The minimum Gasteiger partial charge on any atom is -0.384 e. The lowest BCUT2D eigenvalue weighted by Gasteiger charge is -2.16. The monoisotopic (exact) mass is 344 g/mol. The molecule has 2 atom stereocenters. The Kier molecular flexibility index (Phi) is 6.18. The zero-order valence-electron chi connectivity index (χ0n) is 14.6. The normalized spacial score (nSPS) is 17.6. The van der Waals surface area contributed by atoms with E-state index in [0.717, 1.165) is 22.3 Å². The second-order valence-electron chi connectivity index (χ2n) is 6.02. The van der Waals surface area contributed by atoms with Crippen LogP contribution in [0.5, 0.6) is 0 Å². The molecule has 5 nitrogen and oxygen atoms in total. The maximum atomic E-state index is 10.6. The molecule has 134 valence electrons. The van der Waals surface area contributed by atoms with Crippen LogP contribution in [-0.2, 0) is 18.9 Å². The van der Waals surface area contributed by atoms with Crippen LogP contribution in [0, 0.1) is 0 Å². The Hall–Kier alpha value is -1.76.